The van der Waals surface area contributed by atoms with E-state index >= 15 is 0 Å². The molecule has 0 radical (unpaired) electrons. The zero-order valence-corrected chi connectivity index (χ0v) is 13.6. The van der Waals surface area contributed by atoms with Crippen molar-refractivity contribution < 1.29 is 14.3 Å². The maximum atomic E-state index is 12.3. The van der Waals surface area contributed by atoms with Crippen LogP contribution in [0.2, 0.25) is 5.02 Å². The van der Waals surface area contributed by atoms with E-state index in [2.05, 4.69) is 5.32 Å². The summed E-state index contributed by atoms with van der Waals surface area (Å²) in [4.78, 5) is 24.3. The molecule has 2 rings (SSSR count). The van der Waals surface area contributed by atoms with Crippen LogP contribution in [0.3, 0.4) is 0 Å². The predicted molar refractivity (Wildman–Crippen MR) is 85.7 cm³/mol. The average molecular weight is 324 g/mol. The highest BCUT2D eigenvalue weighted by atomic mass is 35.5. The van der Waals surface area contributed by atoms with E-state index in [9.17, 15) is 9.59 Å². The van der Waals surface area contributed by atoms with Crippen LogP contribution in [0.15, 0.2) is 24.3 Å². The molecule has 4 nitrogen and oxygen atoms in total. The number of amides is 1. The lowest BCUT2D eigenvalue weighted by atomic mass is 9.88. The number of carbonyl (C=O) groups is 2. The molecular formula is C17H22ClNO3. The van der Waals surface area contributed by atoms with E-state index in [1.54, 1.807) is 12.1 Å². The number of esters is 1. The van der Waals surface area contributed by atoms with Crippen LogP contribution >= 0.6 is 11.6 Å². The highest BCUT2D eigenvalue weighted by Gasteiger charge is 2.27. The van der Waals surface area contributed by atoms with Crippen LogP contribution < -0.4 is 5.32 Å². The van der Waals surface area contributed by atoms with Gasteiger partial charge in [0, 0.05) is 17.4 Å². The monoisotopic (exact) mass is 323 g/mol. The summed E-state index contributed by atoms with van der Waals surface area (Å²) >= 11 is 5.97. The number of ether oxygens (including phenoxy) is 1. The van der Waals surface area contributed by atoms with Gasteiger partial charge in [-0.3, -0.25) is 4.79 Å². The topological polar surface area (TPSA) is 55.4 Å². The van der Waals surface area contributed by atoms with Crippen molar-refractivity contribution in [3.8, 4) is 0 Å². The van der Waals surface area contributed by atoms with Crippen molar-refractivity contribution in [1.29, 1.82) is 0 Å². The summed E-state index contributed by atoms with van der Waals surface area (Å²) in [5.41, 5.74) is 0.895. The molecule has 1 aromatic rings. The van der Waals surface area contributed by atoms with Crippen molar-refractivity contribution in [2.24, 2.45) is 5.92 Å². The highest BCUT2D eigenvalue weighted by molar-refractivity contribution is 6.30. The van der Waals surface area contributed by atoms with Gasteiger partial charge in [0.25, 0.3) is 0 Å². The van der Waals surface area contributed by atoms with Crippen molar-refractivity contribution in [3.05, 3.63) is 34.9 Å². The molecule has 0 unspecified atom stereocenters. The Morgan fingerprint density at radius 3 is 2.68 bits per heavy atom. The first-order valence-corrected chi connectivity index (χ1v) is 8.10. The van der Waals surface area contributed by atoms with Crippen molar-refractivity contribution in [3.63, 3.8) is 0 Å². The van der Waals surface area contributed by atoms with Crippen LogP contribution in [-0.4, -0.2) is 25.0 Å². The highest BCUT2D eigenvalue weighted by Crippen LogP contribution is 2.24. The third-order valence-electron chi connectivity index (χ3n) is 4.11. The predicted octanol–water partition coefficient (Wildman–Crippen LogP) is 3.12. The standard InChI is InChI=1S/C17H22ClNO3/c1-22-17(21)15(11-12-6-5-9-14(18)10-12)19-16(20)13-7-3-2-4-8-13/h5-6,9-10,13,15H,2-4,7-8,11H2,1H3,(H,19,20)/t15-/m1/s1. The summed E-state index contributed by atoms with van der Waals surface area (Å²) in [5.74, 6) is -0.457. The van der Waals surface area contributed by atoms with Gasteiger partial charge >= 0.3 is 5.97 Å². The third-order valence-corrected chi connectivity index (χ3v) is 4.34. The molecule has 1 fully saturated rings. The van der Waals surface area contributed by atoms with Crippen molar-refractivity contribution in [2.45, 2.75) is 44.6 Å². The molecule has 1 saturated carbocycles. The van der Waals surface area contributed by atoms with E-state index < -0.39 is 12.0 Å². The lowest BCUT2D eigenvalue weighted by molar-refractivity contribution is -0.145. The summed E-state index contributed by atoms with van der Waals surface area (Å²) in [6.45, 7) is 0. The molecule has 1 atom stereocenters. The van der Waals surface area contributed by atoms with Crippen molar-refractivity contribution in [2.75, 3.05) is 7.11 Å². The molecule has 1 aliphatic carbocycles. The van der Waals surface area contributed by atoms with Crippen LogP contribution in [0.4, 0.5) is 0 Å². The number of carbonyl (C=O) groups excluding carboxylic acids is 2. The number of hydrogen-bond donors (Lipinski definition) is 1. The zero-order valence-electron chi connectivity index (χ0n) is 12.8. The fraction of sp³-hybridized carbons (Fsp3) is 0.529. The fourth-order valence-corrected chi connectivity index (χ4v) is 3.10. The molecule has 5 heteroatoms. The molecule has 1 aliphatic rings. The zero-order chi connectivity index (χ0) is 15.9. The molecule has 0 aliphatic heterocycles. The molecule has 0 aromatic heterocycles. The first-order valence-electron chi connectivity index (χ1n) is 7.73. The molecule has 120 valence electrons. The minimum atomic E-state index is -0.669. The van der Waals surface area contributed by atoms with Gasteiger partial charge in [0.1, 0.15) is 6.04 Å². The van der Waals surface area contributed by atoms with E-state index in [0.717, 1.165) is 31.2 Å². The quantitative estimate of drug-likeness (QED) is 0.847. The Kier molecular flexibility index (Phi) is 6.25. The second kappa shape index (κ2) is 8.18. The van der Waals surface area contributed by atoms with Crippen LogP contribution in [0, 0.1) is 5.92 Å². The van der Waals surface area contributed by atoms with Gasteiger partial charge in [-0.2, -0.15) is 0 Å². The van der Waals surface area contributed by atoms with Crippen LogP contribution in [-0.2, 0) is 20.7 Å². The summed E-state index contributed by atoms with van der Waals surface area (Å²) in [6.07, 6.45) is 5.52. The maximum absolute atomic E-state index is 12.3. The summed E-state index contributed by atoms with van der Waals surface area (Å²) in [7, 11) is 1.33. The Morgan fingerprint density at radius 1 is 1.32 bits per heavy atom. The average Bonchev–Trinajstić information content (AvgIpc) is 2.54. The number of benzene rings is 1. The van der Waals surface area contributed by atoms with E-state index in [4.69, 9.17) is 16.3 Å². The van der Waals surface area contributed by atoms with Crippen LogP contribution in [0.1, 0.15) is 37.7 Å². The molecule has 1 aromatic carbocycles. The molecule has 22 heavy (non-hydrogen) atoms. The second-order valence-electron chi connectivity index (χ2n) is 5.75. The van der Waals surface area contributed by atoms with Crippen molar-refractivity contribution >= 4 is 23.5 Å². The summed E-state index contributed by atoms with van der Waals surface area (Å²) in [6, 6.07) is 6.62. The van der Waals surface area contributed by atoms with Gasteiger partial charge in [-0.05, 0) is 30.5 Å². The molecule has 0 spiro atoms. The molecule has 1 amide bonds. The number of halogens is 1. The van der Waals surface area contributed by atoms with E-state index in [1.807, 2.05) is 12.1 Å². The molecule has 0 saturated heterocycles. The van der Waals surface area contributed by atoms with Gasteiger partial charge in [0.15, 0.2) is 0 Å². The number of nitrogens with one attached hydrogen (secondary N) is 1. The number of methoxy groups -OCH3 is 1. The Labute approximate surface area is 136 Å². The van der Waals surface area contributed by atoms with Gasteiger partial charge in [0.2, 0.25) is 5.91 Å². The summed E-state index contributed by atoms with van der Waals surface area (Å²) < 4.78 is 4.82. The lowest BCUT2D eigenvalue weighted by Crippen LogP contribution is -2.45. The third kappa shape index (κ3) is 4.73. The van der Waals surface area contributed by atoms with Gasteiger partial charge < -0.3 is 10.1 Å². The Hall–Kier alpha value is -1.55. The Bertz CT molecular complexity index is 526. The Morgan fingerprint density at radius 2 is 2.05 bits per heavy atom. The SMILES string of the molecule is COC(=O)[C@@H](Cc1cccc(Cl)c1)NC(=O)C1CCCCC1. The molecule has 1 N–H and O–H groups in total. The van der Waals surface area contributed by atoms with E-state index in [-0.39, 0.29) is 11.8 Å². The van der Waals surface area contributed by atoms with Crippen molar-refractivity contribution in [1.82, 2.24) is 5.32 Å². The van der Waals surface area contributed by atoms with Crippen LogP contribution in [0.25, 0.3) is 0 Å². The molecule has 0 heterocycles. The first-order chi connectivity index (χ1) is 10.6. The minimum Gasteiger partial charge on any atom is -0.467 e. The summed E-state index contributed by atoms with van der Waals surface area (Å²) in [5, 5.41) is 3.46. The maximum Gasteiger partial charge on any atom is 0.328 e. The normalized spacial score (nSPS) is 16.8. The smallest absolute Gasteiger partial charge is 0.328 e. The fourth-order valence-electron chi connectivity index (χ4n) is 2.89. The largest absolute Gasteiger partial charge is 0.467 e. The van der Waals surface area contributed by atoms with Gasteiger partial charge in [-0.1, -0.05) is 43.0 Å². The molecule has 0 bridgehead atoms. The van der Waals surface area contributed by atoms with E-state index in [0.29, 0.717) is 11.4 Å². The second-order valence-corrected chi connectivity index (χ2v) is 6.19. The Balaban J connectivity index is 2.02. The van der Waals surface area contributed by atoms with Crippen LogP contribution in [0.5, 0.6) is 0 Å². The van der Waals surface area contributed by atoms with Gasteiger partial charge in [-0.15, -0.1) is 0 Å². The lowest BCUT2D eigenvalue weighted by Gasteiger charge is -2.24. The number of rotatable bonds is 5. The van der Waals surface area contributed by atoms with Gasteiger partial charge in [-0.25, -0.2) is 4.79 Å². The first kappa shape index (κ1) is 16.8. The van der Waals surface area contributed by atoms with E-state index in [1.165, 1.54) is 13.5 Å². The minimum absolute atomic E-state index is 0.0141. The molecular weight excluding hydrogens is 302 g/mol. The number of hydrogen-bond acceptors (Lipinski definition) is 3. The van der Waals surface area contributed by atoms with Gasteiger partial charge in [0.05, 0.1) is 7.11 Å².